The van der Waals surface area contributed by atoms with E-state index in [0.717, 1.165) is 0 Å². The summed E-state index contributed by atoms with van der Waals surface area (Å²) < 4.78 is 73.7. The molecule has 0 saturated carbocycles. The van der Waals surface area contributed by atoms with Crippen LogP contribution in [0.4, 0.5) is 26.3 Å². The summed E-state index contributed by atoms with van der Waals surface area (Å²) in [6.07, 6.45) is -8.82. The summed E-state index contributed by atoms with van der Waals surface area (Å²) in [4.78, 5) is 12.7. The van der Waals surface area contributed by atoms with Crippen molar-refractivity contribution in [1.82, 2.24) is 4.98 Å². The maximum absolute atomic E-state index is 12.7. The molecule has 0 aromatic carbocycles. The van der Waals surface area contributed by atoms with Gasteiger partial charge in [-0.15, -0.1) is 0 Å². The van der Waals surface area contributed by atoms with E-state index >= 15 is 0 Å². The molecule has 1 aromatic rings. The Kier molecular flexibility index (Phi) is 3.20. The van der Waals surface area contributed by atoms with Crippen molar-refractivity contribution in [3.8, 4) is 0 Å². The first-order chi connectivity index (χ1) is 7.27. The number of rotatable bonds is 2. The molecule has 8 heteroatoms. The Hall–Kier alpha value is -1.60. The lowest BCUT2D eigenvalue weighted by molar-refractivity contribution is -0.138. The standard InChI is InChI=1S/C8H3F6NO/c9-6(10)3-1-4(8(12,13)14)5(2-16)15-7(3)11/h1-2,6H. The minimum atomic E-state index is -5.04. The fourth-order valence-electron chi connectivity index (χ4n) is 0.989. The van der Waals surface area contributed by atoms with Gasteiger partial charge in [-0.3, -0.25) is 4.79 Å². The first-order valence-corrected chi connectivity index (χ1v) is 3.78. The van der Waals surface area contributed by atoms with Crippen LogP contribution in [0.25, 0.3) is 0 Å². The molecule has 0 bridgehead atoms. The Morgan fingerprint density at radius 3 is 2.25 bits per heavy atom. The van der Waals surface area contributed by atoms with Gasteiger partial charge in [0, 0.05) is 0 Å². The summed E-state index contributed by atoms with van der Waals surface area (Å²) in [5, 5.41) is 0. The van der Waals surface area contributed by atoms with E-state index in [1.54, 1.807) is 0 Å². The van der Waals surface area contributed by atoms with Gasteiger partial charge in [0.15, 0.2) is 6.29 Å². The van der Waals surface area contributed by atoms with Gasteiger partial charge in [-0.2, -0.15) is 17.6 Å². The lowest BCUT2D eigenvalue weighted by Crippen LogP contribution is -2.13. The molecule has 0 unspecified atom stereocenters. The van der Waals surface area contributed by atoms with Crippen molar-refractivity contribution < 1.29 is 31.1 Å². The number of alkyl halides is 5. The van der Waals surface area contributed by atoms with Crippen LogP contribution in [0.5, 0.6) is 0 Å². The maximum Gasteiger partial charge on any atom is 0.418 e. The SMILES string of the molecule is O=Cc1nc(F)c(C(F)F)cc1C(F)(F)F. The second-order valence-electron chi connectivity index (χ2n) is 2.72. The van der Waals surface area contributed by atoms with E-state index in [1.807, 2.05) is 0 Å². The molecular weight excluding hydrogens is 240 g/mol. The van der Waals surface area contributed by atoms with E-state index in [0.29, 0.717) is 0 Å². The molecule has 1 aromatic heterocycles. The Bertz CT molecular complexity index is 414. The van der Waals surface area contributed by atoms with E-state index in [9.17, 15) is 31.1 Å². The van der Waals surface area contributed by atoms with Crippen LogP contribution in [-0.4, -0.2) is 11.3 Å². The zero-order valence-corrected chi connectivity index (χ0v) is 7.36. The third kappa shape index (κ3) is 2.31. The molecular formula is C8H3F6NO. The quantitative estimate of drug-likeness (QED) is 0.454. The molecule has 2 nitrogen and oxygen atoms in total. The van der Waals surface area contributed by atoms with Gasteiger partial charge >= 0.3 is 6.18 Å². The van der Waals surface area contributed by atoms with Crippen LogP contribution in [-0.2, 0) is 6.18 Å². The smallest absolute Gasteiger partial charge is 0.296 e. The normalized spacial score (nSPS) is 11.9. The van der Waals surface area contributed by atoms with E-state index in [1.165, 1.54) is 0 Å². The summed E-state index contributed by atoms with van der Waals surface area (Å²) in [6.45, 7) is 0. The van der Waals surface area contributed by atoms with Gasteiger partial charge in [-0.25, -0.2) is 13.8 Å². The highest BCUT2D eigenvalue weighted by molar-refractivity contribution is 5.74. The number of carbonyl (C=O) groups excluding carboxylic acids is 1. The molecule has 0 saturated heterocycles. The topological polar surface area (TPSA) is 30.0 Å². The van der Waals surface area contributed by atoms with Gasteiger partial charge in [0.1, 0.15) is 5.69 Å². The third-order valence-corrected chi connectivity index (χ3v) is 1.68. The zero-order chi connectivity index (χ0) is 12.5. The first-order valence-electron chi connectivity index (χ1n) is 3.78. The highest BCUT2D eigenvalue weighted by Gasteiger charge is 2.36. The number of hydrogen-bond donors (Lipinski definition) is 0. The number of hydrogen-bond acceptors (Lipinski definition) is 2. The monoisotopic (exact) mass is 243 g/mol. The van der Waals surface area contributed by atoms with Crippen molar-refractivity contribution in [3.05, 3.63) is 28.8 Å². The molecule has 0 spiro atoms. The van der Waals surface area contributed by atoms with Crippen molar-refractivity contribution in [2.45, 2.75) is 12.6 Å². The summed E-state index contributed by atoms with van der Waals surface area (Å²) in [7, 11) is 0. The summed E-state index contributed by atoms with van der Waals surface area (Å²) in [5.74, 6) is -1.79. The molecule has 1 heterocycles. The first kappa shape index (κ1) is 12.5. The number of aromatic nitrogens is 1. The predicted molar refractivity (Wildman–Crippen MR) is 39.5 cm³/mol. The van der Waals surface area contributed by atoms with E-state index in [4.69, 9.17) is 0 Å². The average molecular weight is 243 g/mol. The molecule has 0 radical (unpaired) electrons. The molecule has 0 atom stereocenters. The number of carbonyl (C=O) groups is 1. The van der Waals surface area contributed by atoms with Gasteiger partial charge in [0.2, 0.25) is 5.95 Å². The fraction of sp³-hybridized carbons (Fsp3) is 0.250. The van der Waals surface area contributed by atoms with Crippen LogP contribution in [0.15, 0.2) is 6.07 Å². The Morgan fingerprint density at radius 1 is 1.31 bits per heavy atom. The van der Waals surface area contributed by atoms with Crippen LogP contribution < -0.4 is 0 Å². The number of pyridine rings is 1. The van der Waals surface area contributed by atoms with Crippen LogP contribution in [0.3, 0.4) is 0 Å². The summed E-state index contributed by atoms with van der Waals surface area (Å²) >= 11 is 0. The predicted octanol–water partition coefficient (Wildman–Crippen LogP) is 2.99. The maximum atomic E-state index is 12.7. The van der Waals surface area contributed by atoms with Crippen molar-refractivity contribution in [3.63, 3.8) is 0 Å². The molecule has 0 N–H and O–H groups in total. The Labute approximate surface area is 84.9 Å². The number of aldehydes is 1. The van der Waals surface area contributed by atoms with Crippen LogP contribution in [0.1, 0.15) is 28.0 Å². The van der Waals surface area contributed by atoms with Crippen molar-refractivity contribution in [2.75, 3.05) is 0 Å². The van der Waals surface area contributed by atoms with Crippen LogP contribution in [0.2, 0.25) is 0 Å². The molecule has 88 valence electrons. The van der Waals surface area contributed by atoms with Gasteiger partial charge in [-0.05, 0) is 6.07 Å². The molecule has 0 aliphatic rings. The Morgan fingerprint density at radius 2 is 1.88 bits per heavy atom. The van der Waals surface area contributed by atoms with Crippen molar-refractivity contribution >= 4 is 6.29 Å². The molecule has 0 aliphatic heterocycles. The highest BCUT2D eigenvalue weighted by Crippen LogP contribution is 2.34. The summed E-state index contributed by atoms with van der Waals surface area (Å²) in [6, 6.07) is -0.114. The van der Waals surface area contributed by atoms with E-state index in [-0.39, 0.29) is 12.4 Å². The second-order valence-corrected chi connectivity index (χ2v) is 2.72. The zero-order valence-electron chi connectivity index (χ0n) is 7.36. The lowest BCUT2D eigenvalue weighted by Gasteiger charge is -2.10. The minimum Gasteiger partial charge on any atom is -0.296 e. The fourth-order valence-corrected chi connectivity index (χ4v) is 0.989. The van der Waals surface area contributed by atoms with Crippen LogP contribution >= 0.6 is 0 Å². The van der Waals surface area contributed by atoms with E-state index < -0.39 is 35.4 Å². The third-order valence-electron chi connectivity index (χ3n) is 1.68. The molecule has 0 amide bonds. The van der Waals surface area contributed by atoms with Crippen molar-refractivity contribution in [2.24, 2.45) is 0 Å². The summed E-state index contributed by atoms with van der Waals surface area (Å²) in [5.41, 5.74) is -4.42. The van der Waals surface area contributed by atoms with Crippen LogP contribution in [0, 0.1) is 5.95 Å². The molecule has 1 rings (SSSR count). The van der Waals surface area contributed by atoms with Gasteiger partial charge in [-0.1, -0.05) is 0 Å². The minimum absolute atomic E-state index is 0.114. The van der Waals surface area contributed by atoms with Gasteiger partial charge in [0.05, 0.1) is 11.1 Å². The largest absolute Gasteiger partial charge is 0.418 e. The lowest BCUT2D eigenvalue weighted by atomic mass is 10.1. The number of nitrogens with zero attached hydrogens (tertiary/aromatic N) is 1. The Balaban J connectivity index is 3.47. The van der Waals surface area contributed by atoms with E-state index in [2.05, 4.69) is 4.98 Å². The average Bonchev–Trinajstić information content (AvgIpc) is 2.14. The molecule has 16 heavy (non-hydrogen) atoms. The molecule has 0 aliphatic carbocycles. The second kappa shape index (κ2) is 4.11. The van der Waals surface area contributed by atoms with Gasteiger partial charge < -0.3 is 0 Å². The van der Waals surface area contributed by atoms with Gasteiger partial charge in [0.25, 0.3) is 6.43 Å². The molecule has 0 fully saturated rings. The number of halogens is 6. The highest BCUT2D eigenvalue weighted by atomic mass is 19.4. The van der Waals surface area contributed by atoms with Crippen molar-refractivity contribution in [1.29, 1.82) is 0 Å².